The molecule has 1 amide bonds. The number of nitrogens with one attached hydrogen (secondary N) is 2. The van der Waals surface area contributed by atoms with Gasteiger partial charge in [0, 0.05) is 6.04 Å². The van der Waals surface area contributed by atoms with Gasteiger partial charge in [-0.05, 0) is 37.0 Å². The summed E-state index contributed by atoms with van der Waals surface area (Å²) in [6, 6.07) is 8.37. The number of rotatable bonds is 8. The summed E-state index contributed by atoms with van der Waals surface area (Å²) in [6.07, 6.45) is 5.62. The van der Waals surface area contributed by atoms with Crippen LogP contribution in [0.1, 0.15) is 44.0 Å². The standard InChI is InChI=1S/C18H24N4O2S/c1-2-13-7-9-15(10-8-13)24-11-16-20-18(22-21-16)25-12-17(23)19-14-5-3-4-6-14/h7-10,14H,2-6,11-12H2,1H3,(H,19,23)(H,20,21,22). The molecular weight excluding hydrogens is 336 g/mol. The lowest BCUT2D eigenvalue weighted by Crippen LogP contribution is -2.33. The van der Waals surface area contributed by atoms with Crippen LogP contribution in [0.15, 0.2) is 29.4 Å². The van der Waals surface area contributed by atoms with Crippen LogP contribution in [0.4, 0.5) is 0 Å². The van der Waals surface area contributed by atoms with Gasteiger partial charge in [-0.2, -0.15) is 0 Å². The lowest BCUT2D eigenvalue weighted by Gasteiger charge is -2.10. The number of H-pyrrole nitrogens is 1. The van der Waals surface area contributed by atoms with E-state index in [0.717, 1.165) is 25.0 Å². The third kappa shape index (κ3) is 5.49. The maximum absolute atomic E-state index is 11.9. The Labute approximate surface area is 152 Å². The molecule has 0 spiro atoms. The molecular formula is C18H24N4O2S. The number of hydrogen-bond acceptors (Lipinski definition) is 5. The van der Waals surface area contributed by atoms with Crippen molar-refractivity contribution in [2.45, 2.75) is 56.8 Å². The lowest BCUT2D eigenvalue weighted by atomic mass is 10.2. The van der Waals surface area contributed by atoms with Gasteiger partial charge in [-0.1, -0.05) is 43.7 Å². The monoisotopic (exact) mass is 360 g/mol. The highest BCUT2D eigenvalue weighted by atomic mass is 32.2. The first-order chi connectivity index (χ1) is 12.2. The van der Waals surface area contributed by atoms with Crippen LogP contribution >= 0.6 is 11.8 Å². The van der Waals surface area contributed by atoms with E-state index in [1.807, 2.05) is 12.1 Å². The molecule has 1 aliphatic carbocycles. The molecule has 0 radical (unpaired) electrons. The fourth-order valence-electron chi connectivity index (χ4n) is 2.85. The molecule has 134 valence electrons. The Bertz CT molecular complexity index is 681. The van der Waals surface area contributed by atoms with Crippen LogP contribution in [0.3, 0.4) is 0 Å². The van der Waals surface area contributed by atoms with Gasteiger partial charge in [-0.3, -0.25) is 9.89 Å². The summed E-state index contributed by atoms with van der Waals surface area (Å²) in [4.78, 5) is 16.3. The summed E-state index contributed by atoms with van der Waals surface area (Å²) in [6.45, 7) is 2.45. The molecule has 0 saturated heterocycles. The number of carbonyl (C=O) groups is 1. The number of ether oxygens (including phenoxy) is 1. The molecule has 1 aromatic heterocycles. The molecule has 6 nitrogen and oxygen atoms in total. The van der Waals surface area contributed by atoms with Crippen LogP contribution < -0.4 is 10.1 Å². The molecule has 1 fully saturated rings. The van der Waals surface area contributed by atoms with Crippen molar-refractivity contribution in [2.75, 3.05) is 5.75 Å². The minimum absolute atomic E-state index is 0.0514. The summed E-state index contributed by atoms with van der Waals surface area (Å²) in [5.41, 5.74) is 1.28. The van der Waals surface area contributed by atoms with E-state index < -0.39 is 0 Å². The first kappa shape index (κ1) is 17.8. The third-order valence-corrected chi connectivity index (χ3v) is 5.12. The quantitative estimate of drug-likeness (QED) is 0.707. The smallest absolute Gasteiger partial charge is 0.230 e. The van der Waals surface area contributed by atoms with Gasteiger partial charge in [0.05, 0.1) is 5.75 Å². The second-order valence-corrected chi connectivity index (χ2v) is 7.13. The highest BCUT2D eigenvalue weighted by Gasteiger charge is 2.17. The van der Waals surface area contributed by atoms with Crippen LogP contribution in [-0.2, 0) is 17.8 Å². The SMILES string of the molecule is CCc1ccc(OCc2nc(SCC(=O)NC3CCCC3)n[nH]2)cc1. The summed E-state index contributed by atoms with van der Waals surface area (Å²) in [5, 5.41) is 10.6. The van der Waals surface area contributed by atoms with E-state index in [1.165, 1.54) is 30.2 Å². The van der Waals surface area contributed by atoms with Crippen molar-refractivity contribution in [3.8, 4) is 5.75 Å². The van der Waals surface area contributed by atoms with Gasteiger partial charge in [-0.25, -0.2) is 4.98 Å². The van der Waals surface area contributed by atoms with Crippen molar-refractivity contribution >= 4 is 17.7 Å². The van der Waals surface area contributed by atoms with E-state index in [4.69, 9.17) is 4.74 Å². The second-order valence-electron chi connectivity index (χ2n) is 6.19. The molecule has 7 heteroatoms. The van der Waals surface area contributed by atoms with E-state index in [-0.39, 0.29) is 5.91 Å². The summed E-state index contributed by atoms with van der Waals surface area (Å²) in [7, 11) is 0. The summed E-state index contributed by atoms with van der Waals surface area (Å²) in [5.74, 6) is 1.85. The van der Waals surface area contributed by atoms with Crippen molar-refractivity contribution in [1.82, 2.24) is 20.5 Å². The number of hydrogen-bond donors (Lipinski definition) is 2. The van der Waals surface area contributed by atoms with Crippen LogP contribution in [-0.4, -0.2) is 32.9 Å². The van der Waals surface area contributed by atoms with Gasteiger partial charge in [-0.15, -0.1) is 5.10 Å². The Kier molecular flexibility index (Phi) is 6.33. The van der Waals surface area contributed by atoms with Gasteiger partial charge < -0.3 is 10.1 Å². The number of thioether (sulfide) groups is 1. The zero-order valence-corrected chi connectivity index (χ0v) is 15.3. The Morgan fingerprint density at radius 2 is 2.08 bits per heavy atom. The Hall–Kier alpha value is -2.02. The van der Waals surface area contributed by atoms with Crippen LogP contribution in [0.5, 0.6) is 5.75 Å². The maximum atomic E-state index is 11.9. The minimum Gasteiger partial charge on any atom is -0.486 e. The zero-order chi connectivity index (χ0) is 17.5. The zero-order valence-electron chi connectivity index (χ0n) is 14.5. The topological polar surface area (TPSA) is 79.9 Å². The molecule has 1 saturated carbocycles. The average Bonchev–Trinajstić information content (AvgIpc) is 3.30. The van der Waals surface area contributed by atoms with Crippen molar-refractivity contribution < 1.29 is 9.53 Å². The molecule has 0 aliphatic heterocycles. The minimum atomic E-state index is 0.0514. The first-order valence-corrected chi connectivity index (χ1v) is 9.76. The number of aromatic nitrogens is 3. The molecule has 0 bridgehead atoms. The fraction of sp³-hybridized carbons (Fsp3) is 0.500. The van der Waals surface area contributed by atoms with Crippen molar-refractivity contribution in [1.29, 1.82) is 0 Å². The van der Waals surface area contributed by atoms with E-state index in [9.17, 15) is 4.79 Å². The van der Waals surface area contributed by atoms with Crippen LogP contribution in [0, 0.1) is 0 Å². The molecule has 1 heterocycles. The number of aromatic amines is 1. The summed E-state index contributed by atoms with van der Waals surface area (Å²) < 4.78 is 5.70. The van der Waals surface area contributed by atoms with Crippen molar-refractivity contribution in [3.05, 3.63) is 35.7 Å². The molecule has 3 rings (SSSR count). The summed E-state index contributed by atoms with van der Waals surface area (Å²) >= 11 is 1.34. The normalized spacial score (nSPS) is 14.6. The van der Waals surface area contributed by atoms with Crippen molar-refractivity contribution in [3.63, 3.8) is 0 Å². The molecule has 25 heavy (non-hydrogen) atoms. The third-order valence-electron chi connectivity index (χ3n) is 4.27. The Balaban J connectivity index is 1.41. The van der Waals surface area contributed by atoms with Crippen LogP contribution in [0.2, 0.25) is 0 Å². The van der Waals surface area contributed by atoms with Gasteiger partial charge in [0.25, 0.3) is 0 Å². The molecule has 0 atom stereocenters. The molecule has 2 aromatic rings. The highest BCUT2D eigenvalue weighted by molar-refractivity contribution is 7.99. The van der Waals surface area contributed by atoms with Gasteiger partial charge in [0.15, 0.2) is 5.82 Å². The number of amides is 1. The number of aryl methyl sites for hydroxylation is 1. The molecule has 1 aliphatic rings. The van der Waals surface area contributed by atoms with Gasteiger partial charge in [0.2, 0.25) is 11.1 Å². The lowest BCUT2D eigenvalue weighted by molar-refractivity contribution is -0.119. The highest BCUT2D eigenvalue weighted by Crippen LogP contribution is 2.19. The van der Waals surface area contributed by atoms with E-state index in [2.05, 4.69) is 39.6 Å². The number of carbonyl (C=O) groups excluding carboxylic acids is 1. The van der Waals surface area contributed by atoms with E-state index >= 15 is 0 Å². The molecule has 1 aromatic carbocycles. The van der Waals surface area contributed by atoms with Gasteiger partial charge >= 0.3 is 0 Å². The average molecular weight is 360 g/mol. The van der Waals surface area contributed by atoms with E-state index in [1.54, 1.807) is 0 Å². The maximum Gasteiger partial charge on any atom is 0.230 e. The Morgan fingerprint density at radius 3 is 2.80 bits per heavy atom. The molecule has 2 N–H and O–H groups in total. The van der Waals surface area contributed by atoms with Crippen molar-refractivity contribution in [2.24, 2.45) is 0 Å². The van der Waals surface area contributed by atoms with E-state index in [0.29, 0.717) is 29.4 Å². The second kappa shape index (κ2) is 8.89. The Morgan fingerprint density at radius 1 is 1.32 bits per heavy atom. The predicted octanol–water partition coefficient (Wildman–Crippen LogP) is 3.10. The first-order valence-electron chi connectivity index (χ1n) is 8.78. The number of benzene rings is 1. The van der Waals surface area contributed by atoms with Gasteiger partial charge in [0.1, 0.15) is 12.4 Å². The molecule has 0 unspecified atom stereocenters. The largest absolute Gasteiger partial charge is 0.486 e. The predicted molar refractivity (Wildman–Crippen MR) is 97.7 cm³/mol. The number of nitrogens with zero attached hydrogens (tertiary/aromatic N) is 2. The van der Waals surface area contributed by atoms with Crippen LogP contribution in [0.25, 0.3) is 0 Å². The fourth-order valence-corrected chi connectivity index (χ4v) is 3.48.